The van der Waals surface area contributed by atoms with Gasteiger partial charge in [0.15, 0.2) is 4.80 Å². The first kappa shape index (κ1) is 19.2. The number of fused-ring (bicyclic) bond motifs is 1. The summed E-state index contributed by atoms with van der Waals surface area (Å²) in [5.74, 6) is 2.05. The summed E-state index contributed by atoms with van der Waals surface area (Å²) in [6, 6.07) is 4.78. The molecular weight excluding hydrogens is 406 g/mol. The molecule has 1 amide bonds. The Balaban J connectivity index is 1.60. The van der Waals surface area contributed by atoms with E-state index in [0.717, 1.165) is 29.5 Å². The predicted molar refractivity (Wildman–Crippen MR) is 113 cm³/mol. The van der Waals surface area contributed by atoms with Crippen molar-refractivity contribution in [2.75, 3.05) is 0 Å². The summed E-state index contributed by atoms with van der Waals surface area (Å²) < 4.78 is 26.1. The molecule has 2 N–H and O–H groups in total. The summed E-state index contributed by atoms with van der Waals surface area (Å²) >= 11 is 1.33. The summed E-state index contributed by atoms with van der Waals surface area (Å²) in [7, 11) is -3.78. The van der Waals surface area contributed by atoms with Crippen molar-refractivity contribution < 1.29 is 13.2 Å². The van der Waals surface area contributed by atoms with Crippen LogP contribution in [0.1, 0.15) is 38.5 Å². The Morgan fingerprint density at radius 1 is 1.24 bits per heavy atom. The molecule has 4 aliphatic carbocycles. The summed E-state index contributed by atoms with van der Waals surface area (Å²) in [6.07, 6.45) is 8.52. The summed E-state index contributed by atoms with van der Waals surface area (Å²) in [4.78, 5) is 18.7. The maximum Gasteiger partial charge on any atom is 0.254 e. The van der Waals surface area contributed by atoms with Gasteiger partial charge in [0.25, 0.3) is 5.91 Å². The van der Waals surface area contributed by atoms with Gasteiger partial charge < -0.3 is 4.57 Å². The van der Waals surface area contributed by atoms with E-state index in [4.69, 9.17) is 5.14 Å². The largest absolute Gasteiger partial charge is 0.313 e. The Kier molecular flexibility index (Phi) is 4.38. The van der Waals surface area contributed by atoms with E-state index in [0.29, 0.717) is 29.1 Å². The van der Waals surface area contributed by atoms with Crippen molar-refractivity contribution in [2.24, 2.45) is 33.3 Å². The van der Waals surface area contributed by atoms with E-state index in [9.17, 15) is 13.2 Å². The maximum atomic E-state index is 13.4. The quantitative estimate of drug-likeness (QED) is 0.753. The number of sulfonamides is 1. The number of hydrogen-bond donors (Lipinski definition) is 1. The second kappa shape index (κ2) is 6.62. The van der Waals surface area contributed by atoms with Gasteiger partial charge in [0.1, 0.15) is 0 Å². The molecule has 0 spiro atoms. The van der Waals surface area contributed by atoms with Gasteiger partial charge in [-0.15, -0.1) is 6.58 Å². The van der Waals surface area contributed by atoms with Crippen LogP contribution < -0.4 is 9.94 Å². The summed E-state index contributed by atoms with van der Waals surface area (Å²) in [5, 5.41) is 5.28. The third-order valence-corrected chi connectivity index (χ3v) is 8.94. The molecule has 6 nitrogen and oxygen atoms in total. The molecule has 0 atom stereocenters. The lowest BCUT2D eigenvalue weighted by molar-refractivity contribution is -0.142. The van der Waals surface area contributed by atoms with E-state index in [1.54, 1.807) is 18.2 Å². The third-order valence-electron chi connectivity index (χ3n) is 6.98. The lowest BCUT2D eigenvalue weighted by atomic mass is 9.49. The van der Waals surface area contributed by atoms with Gasteiger partial charge >= 0.3 is 0 Å². The number of amides is 1. The number of primary sulfonamides is 1. The van der Waals surface area contributed by atoms with Crippen molar-refractivity contribution in [2.45, 2.75) is 50.0 Å². The van der Waals surface area contributed by atoms with E-state index in [2.05, 4.69) is 11.6 Å². The highest BCUT2D eigenvalue weighted by Crippen LogP contribution is 2.60. The highest BCUT2D eigenvalue weighted by Gasteiger charge is 2.54. The first-order valence-electron chi connectivity index (χ1n) is 10.1. The number of carbonyl (C=O) groups excluding carboxylic acids is 1. The summed E-state index contributed by atoms with van der Waals surface area (Å²) in [6.45, 7) is 4.32. The van der Waals surface area contributed by atoms with E-state index < -0.39 is 10.0 Å². The molecule has 1 aromatic carbocycles. The SMILES string of the molecule is C=CCn1c(=NC(=O)C23CC4CC(CC(C4)C2)C3)sc2cc(S(N)(=O)=O)ccc21. The number of allylic oxidation sites excluding steroid dienone is 1. The predicted octanol–water partition coefficient (Wildman–Crippen LogP) is 3.18. The fourth-order valence-electron chi connectivity index (χ4n) is 6.20. The van der Waals surface area contributed by atoms with Gasteiger partial charge in [-0.1, -0.05) is 17.4 Å². The second-order valence-corrected chi connectivity index (χ2v) is 11.6. The average Bonchev–Trinajstić information content (AvgIpc) is 2.97. The zero-order chi connectivity index (χ0) is 20.4. The fraction of sp³-hybridized carbons (Fsp3) is 0.524. The van der Waals surface area contributed by atoms with Gasteiger partial charge in [0.05, 0.1) is 20.5 Å². The average molecular weight is 432 g/mol. The highest BCUT2D eigenvalue weighted by molar-refractivity contribution is 7.89. The monoisotopic (exact) mass is 431 g/mol. The van der Waals surface area contributed by atoms with E-state index in [-0.39, 0.29) is 16.2 Å². The Hall–Kier alpha value is -1.77. The maximum absolute atomic E-state index is 13.4. The molecule has 0 unspecified atom stereocenters. The molecule has 4 saturated carbocycles. The van der Waals surface area contributed by atoms with Gasteiger partial charge in [0, 0.05) is 6.54 Å². The van der Waals surface area contributed by atoms with Gasteiger partial charge in [-0.25, -0.2) is 13.6 Å². The first-order chi connectivity index (χ1) is 13.8. The van der Waals surface area contributed by atoms with Crippen LogP contribution in [0.4, 0.5) is 0 Å². The standard InChI is InChI=1S/C21H25N3O3S2/c1-2-5-24-17-4-3-16(29(22,26)27)9-18(17)28-20(24)23-19(25)21-10-13-6-14(11-21)8-15(7-13)12-21/h2-4,9,13-15H,1,5-8,10-12H2,(H2,22,26,27). The molecule has 0 aliphatic heterocycles. The molecule has 154 valence electrons. The van der Waals surface area contributed by atoms with Gasteiger partial charge in [-0.3, -0.25) is 4.79 Å². The minimum Gasteiger partial charge on any atom is -0.313 e. The van der Waals surface area contributed by atoms with E-state index in [1.807, 2.05) is 4.57 Å². The number of nitrogens with zero attached hydrogens (tertiary/aromatic N) is 2. The number of carbonyl (C=O) groups is 1. The molecule has 0 radical (unpaired) electrons. The van der Waals surface area contributed by atoms with Crippen LogP contribution >= 0.6 is 11.3 Å². The number of rotatable bonds is 4. The minimum atomic E-state index is -3.78. The fourth-order valence-corrected chi connectivity index (χ4v) is 7.89. The van der Waals surface area contributed by atoms with Crippen molar-refractivity contribution in [1.29, 1.82) is 0 Å². The van der Waals surface area contributed by atoms with Crippen LogP contribution in [-0.4, -0.2) is 18.9 Å². The van der Waals surface area contributed by atoms with Crippen LogP contribution in [0.5, 0.6) is 0 Å². The Morgan fingerprint density at radius 2 is 1.86 bits per heavy atom. The van der Waals surface area contributed by atoms with Crippen LogP contribution in [0.3, 0.4) is 0 Å². The van der Waals surface area contributed by atoms with Gasteiger partial charge in [-0.2, -0.15) is 4.99 Å². The van der Waals surface area contributed by atoms with Gasteiger partial charge in [-0.05, 0) is 74.5 Å². The zero-order valence-electron chi connectivity index (χ0n) is 16.2. The number of aromatic nitrogens is 1. The van der Waals surface area contributed by atoms with Crippen molar-refractivity contribution in [3.63, 3.8) is 0 Å². The molecule has 29 heavy (non-hydrogen) atoms. The minimum absolute atomic E-state index is 0.00707. The molecule has 4 bridgehead atoms. The smallest absolute Gasteiger partial charge is 0.254 e. The highest BCUT2D eigenvalue weighted by atomic mass is 32.2. The third kappa shape index (κ3) is 3.21. The molecule has 4 aliphatic rings. The van der Waals surface area contributed by atoms with E-state index in [1.165, 1.54) is 36.7 Å². The van der Waals surface area contributed by atoms with Crippen LogP contribution in [-0.2, 0) is 21.4 Å². The molecule has 2 aromatic rings. The normalized spacial score (nSPS) is 31.5. The first-order valence-corrected chi connectivity index (χ1v) is 12.5. The number of nitrogens with two attached hydrogens (primary N) is 1. The van der Waals surface area contributed by atoms with Gasteiger partial charge in [0.2, 0.25) is 10.0 Å². The topological polar surface area (TPSA) is 94.5 Å². The lowest BCUT2D eigenvalue weighted by Crippen LogP contribution is -2.49. The molecule has 1 aromatic heterocycles. The molecular formula is C21H25N3O3S2. The number of hydrogen-bond acceptors (Lipinski definition) is 4. The lowest BCUT2D eigenvalue weighted by Gasteiger charge is -2.55. The second-order valence-electron chi connectivity index (χ2n) is 9.07. The van der Waals surface area contributed by atoms with Crippen molar-refractivity contribution >= 4 is 37.5 Å². The van der Waals surface area contributed by atoms with Crippen molar-refractivity contribution in [3.8, 4) is 0 Å². The van der Waals surface area contributed by atoms with E-state index >= 15 is 0 Å². The number of benzene rings is 1. The Labute approximate surface area is 174 Å². The van der Waals surface area contributed by atoms with Crippen molar-refractivity contribution in [3.05, 3.63) is 35.7 Å². The molecule has 8 heteroatoms. The molecule has 4 fully saturated rings. The Morgan fingerprint density at radius 3 is 2.41 bits per heavy atom. The van der Waals surface area contributed by atoms with Crippen molar-refractivity contribution in [1.82, 2.24) is 4.57 Å². The van der Waals surface area contributed by atoms with Crippen LogP contribution in [0.2, 0.25) is 0 Å². The number of thiazole rings is 1. The zero-order valence-corrected chi connectivity index (χ0v) is 17.8. The van der Waals surface area contributed by atoms with Crippen LogP contribution in [0.25, 0.3) is 10.2 Å². The molecule has 0 saturated heterocycles. The molecule has 1 heterocycles. The molecule has 6 rings (SSSR count). The van der Waals surface area contributed by atoms with Crippen LogP contribution in [0.15, 0.2) is 40.7 Å². The van der Waals surface area contributed by atoms with Crippen LogP contribution in [0, 0.1) is 23.2 Å². The Bertz CT molecular complexity index is 1150. The summed E-state index contributed by atoms with van der Waals surface area (Å²) in [5.41, 5.74) is 0.544.